The first-order valence-corrected chi connectivity index (χ1v) is 9.10. The monoisotopic (exact) mass is 343 g/mol. The van der Waals surface area contributed by atoms with Crippen molar-refractivity contribution in [3.8, 4) is 0 Å². The van der Waals surface area contributed by atoms with E-state index in [0.717, 1.165) is 42.9 Å². The summed E-state index contributed by atoms with van der Waals surface area (Å²) < 4.78 is 5.12. The Labute approximate surface area is 150 Å². The fourth-order valence-corrected chi connectivity index (χ4v) is 3.05. The standard InChI is InChI=1S/C21H29NO3/c1-4-20(23)9-8-19-14-17(7-6-16(19)3)15-22-12-10-18(11-13-22)21(24)25-5-2/h6-9,14,18,23H,3-5,10-13,15H2,1-2H3/b19-8-,20-9+. The first kappa shape index (κ1) is 19.3. The van der Waals surface area contributed by atoms with Crippen LogP contribution in [-0.4, -0.2) is 35.7 Å². The zero-order valence-corrected chi connectivity index (χ0v) is 15.3. The second-order valence-electron chi connectivity index (χ2n) is 6.51. The van der Waals surface area contributed by atoms with Gasteiger partial charge in [-0.05, 0) is 61.0 Å². The number of aliphatic hydroxyl groups is 1. The molecular weight excluding hydrogens is 314 g/mol. The van der Waals surface area contributed by atoms with Gasteiger partial charge < -0.3 is 9.84 Å². The molecule has 1 aromatic rings. The molecule has 1 fully saturated rings. The highest BCUT2D eigenvalue weighted by molar-refractivity contribution is 5.72. The molecule has 1 N–H and O–H groups in total. The molecule has 0 radical (unpaired) electrons. The summed E-state index contributed by atoms with van der Waals surface area (Å²) in [5.74, 6) is 0.360. The fourth-order valence-electron chi connectivity index (χ4n) is 3.05. The lowest BCUT2D eigenvalue weighted by Crippen LogP contribution is -2.37. The van der Waals surface area contributed by atoms with Gasteiger partial charge in [0, 0.05) is 13.0 Å². The van der Waals surface area contributed by atoms with Crippen molar-refractivity contribution < 1.29 is 14.6 Å². The van der Waals surface area contributed by atoms with Crippen molar-refractivity contribution in [3.63, 3.8) is 0 Å². The summed E-state index contributed by atoms with van der Waals surface area (Å²) in [6.45, 7) is 11.0. The second kappa shape index (κ2) is 9.42. The van der Waals surface area contributed by atoms with Crippen LogP contribution in [0, 0.1) is 5.92 Å². The SMILES string of the molecule is C=c1ccc(CN2CCC(C(=O)OCC)CC2)c/c1=C/C=C(/O)CC. The first-order chi connectivity index (χ1) is 12.0. The van der Waals surface area contributed by atoms with Crippen LogP contribution in [0.3, 0.4) is 0 Å². The molecule has 0 unspecified atom stereocenters. The van der Waals surface area contributed by atoms with Gasteiger partial charge in [0.05, 0.1) is 18.3 Å². The van der Waals surface area contributed by atoms with Gasteiger partial charge in [-0.3, -0.25) is 9.69 Å². The number of allylic oxidation sites excluding steroid dienone is 2. The average Bonchev–Trinajstić information content (AvgIpc) is 2.62. The summed E-state index contributed by atoms with van der Waals surface area (Å²) in [6.07, 6.45) is 5.99. The molecule has 2 rings (SSSR count). The summed E-state index contributed by atoms with van der Waals surface area (Å²) in [5, 5.41) is 11.6. The number of rotatable bonds is 6. The molecular formula is C21H29NO3. The second-order valence-corrected chi connectivity index (χ2v) is 6.51. The molecule has 0 amide bonds. The van der Waals surface area contributed by atoms with Crippen LogP contribution in [0.25, 0.3) is 12.7 Å². The van der Waals surface area contributed by atoms with Crippen LogP contribution in [0.5, 0.6) is 0 Å². The van der Waals surface area contributed by atoms with Gasteiger partial charge in [-0.2, -0.15) is 0 Å². The molecule has 1 aliphatic heterocycles. The molecule has 1 heterocycles. The van der Waals surface area contributed by atoms with Gasteiger partial charge in [0.15, 0.2) is 0 Å². The van der Waals surface area contributed by atoms with Crippen LogP contribution in [-0.2, 0) is 16.1 Å². The molecule has 0 saturated carbocycles. The van der Waals surface area contributed by atoms with Crippen molar-refractivity contribution in [2.45, 2.75) is 39.7 Å². The number of likely N-dealkylation sites (tertiary alicyclic amines) is 1. The predicted molar refractivity (Wildman–Crippen MR) is 101 cm³/mol. The van der Waals surface area contributed by atoms with Crippen molar-refractivity contribution in [1.82, 2.24) is 4.90 Å². The Morgan fingerprint density at radius 1 is 1.36 bits per heavy atom. The van der Waals surface area contributed by atoms with Gasteiger partial charge >= 0.3 is 5.97 Å². The van der Waals surface area contributed by atoms with Crippen molar-refractivity contribution >= 4 is 18.6 Å². The number of carbonyl (C=O) groups is 1. The van der Waals surface area contributed by atoms with Gasteiger partial charge in [0.1, 0.15) is 0 Å². The molecule has 0 aromatic heterocycles. The Bertz CT molecular complexity index is 715. The molecule has 25 heavy (non-hydrogen) atoms. The summed E-state index contributed by atoms with van der Waals surface area (Å²) in [7, 11) is 0. The van der Waals surface area contributed by atoms with E-state index in [1.807, 2.05) is 26.0 Å². The Kier molecular flexibility index (Phi) is 7.26. The van der Waals surface area contributed by atoms with Gasteiger partial charge in [0.25, 0.3) is 0 Å². The molecule has 0 aliphatic carbocycles. The smallest absolute Gasteiger partial charge is 0.309 e. The molecule has 1 aliphatic rings. The topological polar surface area (TPSA) is 49.8 Å². The Balaban J connectivity index is 2.00. The molecule has 0 bridgehead atoms. The number of nitrogens with zero attached hydrogens (tertiary/aromatic N) is 1. The van der Waals surface area contributed by atoms with E-state index in [4.69, 9.17) is 4.74 Å². The van der Waals surface area contributed by atoms with E-state index < -0.39 is 0 Å². The minimum absolute atomic E-state index is 0.0458. The Morgan fingerprint density at radius 2 is 2.08 bits per heavy atom. The number of ether oxygens (including phenoxy) is 1. The van der Waals surface area contributed by atoms with E-state index >= 15 is 0 Å². The highest BCUT2D eigenvalue weighted by Gasteiger charge is 2.25. The number of piperidine rings is 1. The van der Waals surface area contributed by atoms with E-state index in [1.165, 1.54) is 5.56 Å². The van der Waals surface area contributed by atoms with Crippen LogP contribution in [0.1, 0.15) is 38.7 Å². The minimum Gasteiger partial charge on any atom is -0.512 e. The third-order valence-electron chi connectivity index (χ3n) is 4.64. The minimum atomic E-state index is -0.0528. The molecule has 1 aromatic carbocycles. The number of carbonyl (C=O) groups excluding carboxylic acids is 1. The van der Waals surface area contributed by atoms with Gasteiger partial charge in [-0.25, -0.2) is 0 Å². The molecule has 0 atom stereocenters. The normalized spacial score (nSPS) is 17.7. The average molecular weight is 343 g/mol. The molecule has 4 nitrogen and oxygen atoms in total. The van der Waals surface area contributed by atoms with E-state index in [0.29, 0.717) is 18.8 Å². The van der Waals surface area contributed by atoms with Crippen LogP contribution in [0.4, 0.5) is 0 Å². The van der Waals surface area contributed by atoms with Crippen LogP contribution in [0.2, 0.25) is 0 Å². The molecule has 4 heteroatoms. The molecule has 1 saturated heterocycles. The van der Waals surface area contributed by atoms with E-state index in [9.17, 15) is 9.90 Å². The summed E-state index contributed by atoms with van der Waals surface area (Å²) >= 11 is 0. The number of aliphatic hydroxyl groups excluding tert-OH is 1. The summed E-state index contributed by atoms with van der Waals surface area (Å²) in [4.78, 5) is 14.2. The largest absolute Gasteiger partial charge is 0.512 e. The lowest BCUT2D eigenvalue weighted by molar-refractivity contribution is -0.149. The Hall–Kier alpha value is -2.07. The molecule has 0 spiro atoms. The van der Waals surface area contributed by atoms with Crippen LogP contribution < -0.4 is 10.4 Å². The lowest BCUT2D eigenvalue weighted by atomic mass is 9.96. The number of hydrogen-bond donors (Lipinski definition) is 1. The predicted octanol–water partition coefficient (Wildman–Crippen LogP) is 2.50. The highest BCUT2D eigenvalue weighted by atomic mass is 16.5. The summed E-state index contributed by atoms with van der Waals surface area (Å²) in [5.41, 5.74) is 1.22. The number of esters is 1. The summed E-state index contributed by atoms with van der Waals surface area (Å²) in [6, 6.07) is 6.24. The van der Waals surface area contributed by atoms with Gasteiger partial charge in [-0.15, -0.1) is 0 Å². The number of hydrogen-bond acceptors (Lipinski definition) is 4. The van der Waals surface area contributed by atoms with Crippen molar-refractivity contribution in [2.24, 2.45) is 5.92 Å². The zero-order valence-electron chi connectivity index (χ0n) is 15.3. The third kappa shape index (κ3) is 5.75. The zero-order chi connectivity index (χ0) is 18.2. The van der Waals surface area contributed by atoms with E-state index in [1.54, 1.807) is 6.08 Å². The maximum absolute atomic E-state index is 11.8. The maximum atomic E-state index is 11.8. The maximum Gasteiger partial charge on any atom is 0.309 e. The fraction of sp³-hybridized carbons (Fsp3) is 0.476. The third-order valence-corrected chi connectivity index (χ3v) is 4.64. The van der Waals surface area contributed by atoms with E-state index in [-0.39, 0.29) is 11.9 Å². The molecule has 136 valence electrons. The highest BCUT2D eigenvalue weighted by Crippen LogP contribution is 2.19. The van der Waals surface area contributed by atoms with Crippen molar-refractivity contribution in [2.75, 3.05) is 19.7 Å². The first-order valence-electron chi connectivity index (χ1n) is 9.10. The Morgan fingerprint density at radius 3 is 2.72 bits per heavy atom. The number of benzene rings is 1. The van der Waals surface area contributed by atoms with Crippen LogP contribution >= 0.6 is 0 Å². The van der Waals surface area contributed by atoms with Crippen LogP contribution in [0.15, 0.2) is 30.0 Å². The van der Waals surface area contributed by atoms with Gasteiger partial charge in [-0.1, -0.05) is 31.7 Å². The van der Waals surface area contributed by atoms with Crippen molar-refractivity contribution in [3.05, 3.63) is 46.0 Å². The van der Waals surface area contributed by atoms with E-state index in [2.05, 4.69) is 23.6 Å². The van der Waals surface area contributed by atoms with Gasteiger partial charge in [0.2, 0.25) is 0 Å². The lowest BCUT2D eigenvalue weighted by Gasteiger charge is -2.30. The van der Waals surface area contributed by atoms with Crippen molar-refractivity contribution in [1.29, 1.82) is 0 Å². The quantitative estimate of drug-likeness (QED) is 0.637.